The van der Waals surface area contributed by atoms with Gasteiger partial charge >= 0.3 is 0 Å². The van der Waals surface area contributed by atoms with Gasteiger partial charge in [-0.1, -0.05) is 13.8 Å². The third kappa shape index (κ3) is 3.27. The fraction of sp³-hybridized carbons (Fsp3) is 0.611. The number of nitrogens with zero attached hydrogens (tertiary/aromatic N) is 2. The van der Waals surface area contributed by atoms with E-state index in [1.807, 2.05) is 17.9 Å². The van der Waals surface area contributed by atoms with Crippen LogP contribution in [0.15, 0.2) is 18.2 Å². The van der Waals surface area contributed by atoms with Crippen LogP contribution in [0.5, 0.6) is 0 Å². The molecule has 0 aliphatic carbocycles. The molecule has 6 nitrogen and oxygen atoms in total. The van der Waals surface area contributed by atoms with Crippen molar-refractivity contribution in [3.63, 3.8) is 0 Å². The smallest absolute Gasteiger partial charge is 0.253 e. The molecule has 0 spiro atoms. The fourth-order valence-corrected chi connectivity index (χ4v) is 5.23. The number of carbonyl (C=O) groups excluding carboxylic acids is 1. The summed E-state index contributed by atoms with van der Waals surface area (Å²) in [4.78, 5) is 14.8. The van der Waals surface area contributed by atoms with Crippen molar-refractivity contribution in [3.05, 3.63) is 29.3 Å². The normalized spacial score (nSPS) is 25.8. The molecule has 1 fully saturated rings. The number of carbonyl (C=O) groups is 1. The fourth-order valence-electron chi connectivity index (χ4n) is 3.97. The van der Waals surface area contributed by atoms with Crippen molar-refractivity contribution in [1.82, 2.24) is 4.90 Å². The Kier molecular flexibility index (Phi) is 4.36. The number of hydrogen-bond donors (Lipinski definition) is 1. The van der Waals surface area contributed by atoms with Crippen LogP contribution in [-0.4, -0.2) is 50.7 Å². The lowest BCUT2D eigenvalue weighted by Crippen LogP contribution is -2.54. The van der Waals surface area contributed by atoms with Crippen LogP contribution in [0.3, 0.4) is 0 Å². The number of amides is 1. The Hall–Kier alpha value is -1.60. The minimum absolute atomic E-state index is 0.00627. The second kappa shape index (κ2) is 5.99. The Bertz CT molecular complexity index is 804. The lowest BCUT2D eigenvalue weighted by Gasteiger charge is -2.42. The van der Waals surface area contributed by atoms with E-state index in [1.165, 1.54) is 10.6 Å². The van der Waals surface area contributed by atoms with Crippen LogP contribution >= 0.6 is 0 Å². The van der Waals surface area contributed by atoms with E-state index in [-0.39, 0.29) is 23.4 Å². The molecule has 3 rings (SSSR count). The standard InChI is InChI=1S/C18H27N3O3S/c1-12-9-14-10-13(5-6-15(14)21(12)25(4,23)24)17(22)20-8-7-16(19)18(2,3)11-20/h5-6,10,12,16H,7-9,11,19H2,1-4H3. The van der Waals surface area contributed by atoms with Gasteiger partial charge in [-0.3, -0.25) is 9.10 Å². The van der Waals surface area contributed by atoms with Gasteiger partial charge in [0.25, 0.3) is 5.91 Å². The first kappa shape index (κ1) is 18.2. The molecule has 1 aromatic rings. The number of anilines is 1. The van der Waals surface area contributed by atoms with Crippen LogP contribution < -0.4 is 10.0 Å². The maximum absolute atomic E-state index is 12.9. The molecule has 1 aromatic carbocycles. The Balaban J connectivity index is 1.86. The number of likely N-dealkylation sites (tertiary alicyclic amines) is 1. The highest BCUT2D eigenvalue weighted by Crippen LogP contribution is 2.35. The molecule has 2 heterocycles. The number of piperidine rings is 1. The summed E-state index contributed by atoms with van der Waals surface area (Å²) in [7, 11) is -3.32. The van der Waals surface area contributed by atoms with Gasteiger partial charge < -0.3 is 10.6 Å². The zero-order chi connectivity index (χ0) is 18.6. The first-order valence-electron chi connectivity index (χ1n) is 8.68. The number of benzene rings is 1. The van der Waals surface area contributed by atoms with Crippen LogP contribution in [0.2, 0.25) is 0 Å². The average Bonchev–Trinajstić information content (AvgIpc) is 2.83. The molecule has 7 heteroatoms. The van der Waals surface area contributed by atoms with Crippen LogP contribution in [-0.2, 0) is 16.4 Å². The Morgan fingerprint density at radius 1 is 1.32 bits per heavy atom. The maximum Gasteiger partial charge on any atom is 0.253 e. The molecular weight excluding hydrogens is 338 g/mol. The van der Waals surface area contributed by atoms with Crippen molar-refractivity contribution in [3.8, 4) is 0 Å². The van der Waals surface area contributed by atoms with Gasteiger partial charge in [-0.25, -0.2) is 8.42 Å². The summed E-state index contributed by atoms with van der Waals surface area (Å²) in [5, 5.41) is 0. The molecule has 138 valence electrons. The Labute approximate surface area is 150 Å². The van der Waals surface area contributed by atoms with E-state index in [0.717, 1.165) is 12.0 Å². The highest BCUT2D eigenvalue weighted by molar-refractivity contribution is 7.92. The highest BCUT2D eigenvalue weighted by atomic mass is 32.2. The lowest BCUT2D eigenvalue weighted by atomic mass is 9.79. The zero-order valence-corrected chi connectivity index (χ0v) is 16.1. The molecule has 2 aliphatic rings. The number of rotatable bonds is 2. The lowest BCUT2D eigenvalue weighted by molar-refractivity contribution is 0.0533. The number of sulfonamides is 1. The molecule has 0 saturated carbocycles. The summed E-state index contributed by atoms with van der Waals surface area (Å²) in [5.74, 6) is -0.00627. The molecule has 0 bridgehead atoms. The number of hydrogen-bond acceptors (Lipinski definition) is 4. The number of nitrogens with two attached hydrogens (primary N) is 1. The molecule has 2 aliphatic heterocycles. The molecular formula is C18H27N3O3S. The first-order valence-corrected chi connectivity index (χ1v) is 10.5. The monoisotopic (exact) mass is 365 g/mol. The molecule has 2 atom stereocenters. The van der Waals surface area contributed by atoms with Crippen molar-refractivity contribution in [2.75, 3.05) is 23.7 Å². The first-order chi connectivity index (χ1) is 11.5. The summed E-state index contributed by atoms with van der Waals surface area (Å²) >= 11 is 0. The second-order valence-electron chi connectivity index (χ2n) is 8.07. The molecule has 0 radical (unpaired) electrons. The SMILES string of the molecule is CC1Cc2cc(C(=O)N3CCC(N)C(C)(C)C3)ccc2N1S(C)(=O)=O. The van der Waals surface area contributed by atoms with Gasteiger partial charge in [0.05, 0.1) is 11.9 Å². The quantitative estimate of drug-likeness (QED) is 0.863. The van der Waals surface area contributed by atoms with Gasteiger partial charge in [0.2, 0.25) is 10.0 Å². The van der Waals surface area contributed by atoms with E-state index in [2.05, 4.69) is 13.8 Å². The van der Waals surface area contributed by atoms with Gasteiger partial charge in [0.1, 0.15) is 0 Å². The predicted octanol–water partition coefficient (Wildman–Crippen LogP) is 1.60. The van der Waals surface area contributed by atoms with Crippen LogP contribution in [0.1, 0.15) is 43.1 Å². The minimum atomic E-state index is -3.32. The van der Waals surface area contributed by atoms with Crippen molar-refractivity contribution in [2.45, 2.75) is 45.7 Å². The van der Waals surface area contributed by atoms with Crippen LogP contribution in [0, 0.1) is 5.41 Å². The van der Waals surface area contributed by atoms with Crippen molar-refractivity contribution < 1.29 is 13.2 Å². The molecule has 1 saturated heterocycles. The van der Waals surface area contributed by atoms with E-state index >= 15 is 0 Å². The largest absolute Gasteiger partial charge is 0.338 e. The summed E-state index contributed by atoms with van der Waals surface area (Å²) in [6, 6.07) is 5.32. The topological polar surface area (TPSA) is 83.7 Å². The number of fused-ring (bicyclic) bond motifs is 1. The Morgan fingerprint density at radius 3 is 2.60 bits per heavy atom. The summed E-state index contributed by atoms with van der Waals surface area (Å²) < 4.78 is 25.5. The van der Waals surface area contributed by atoms with E-state index in [1.54, 1.807) is 12.1 Å². The van der Waals surface area contributed by atoms with Gasteiger partial charge in [-0.15, -0.1) is 0 Å². The summed E-state index contributed by atoms with van der Waals surface area (Å²) in [5.41, 5.74) is 8.27. The highest BCUT2D eigenvalue weighted by Gasteiger charge is 2.37. The predicted molar refractivity (Wildman–Crippen MR) is 99.2 cm³/mol. The van der Waals surface area contributed by atoms with E-state index in [4.69, 9.17) is 5.73 Å². The molecule has 1 amide bonds. The molecule has 2 unspecified atom stereocenters. The molecule has 2 N–H and O–H groups in total. The van der Waals surface area contributed by atoms with Crippen molar-refractivity contribution in [2.24, 2.45) is 11.1 Å². The molecule has 25 heavy (non-hydrogen) atoms. The van der Waals surface area contributed by atoms with Crippen molar-refractivity contribution in [1.29, 1.82) is 0 Å². The van der Waals surface area contributed by atoms with Gasteiger partial charge in [-0.05, 0) is 48.9 Å². The van der Waals surface area contributed by atoms with Gasteiger partial charge in [0, 0.05) is 30.7 Å². The second-order valence-corrected chi connectivity index (χ2v) is 9.93. The van der Waals surface area contributed by atoms with E-state index < -0.39 is 10.0 Å². The summed E-state index contributed by atoms with van der Waals surface area (Å²) in [6.45, 7) is 7.36. The van der Waals surface area contributed by atoms with Crippen LogP contribution in [0.4, 0.5) is 5.69 Å². The zero-order valence-electron chi connectivity index (χ0n) is 15.3. The Morgan fingerprint density at radius 2 is 2.00 bits per heavy atom. The summed E-state index contributed by atoms with van der Waals surface area (Å²) in [6.07, 6.45) is 2.64. The average molecular weight is 365 g/mol. The van der Waals surface area contributed by atoms with Crippen LogP contribution in [0.25, 0.3) is 0 Å². The maximum atomic E-state index is 12.9. The third-order valence-corrected chi connectivity index (χ3v) is 6.71. The van der Waals surface area contributed by atoms with Crippen molar-refractivity contribution >= 4 is 21.6 Å². The van der Waals surface area contributed by atoms with Gasteiger partial charge in [-0.2, -0.15) is 0 Å². The minimum Gasteiger partial charge on any atom is -0.338 e. The van der Waals surface area contributed by atoms with E-state index in [0.29, 0.717) is 30.8 Å². The third-order valence-electron chi connectivity index (χ3n) is 5.44. The molecule has 0 aromatic heterocycles. The van der Waals surface area contributed by atoms with E-state index in [9.17, 15) is 13.2 Å². The van der Waals surface area contributed by atoms with Gasteiger partial charge in [0.15, 0.2) is 0 Å².